The third kappa shape index (κ3) is 3.47. The molecule has 2 rings (SSSR count). The molecule has 1 N–H and O–H groups in total. The van der Waals surface area contributed by atoms with E-state index in [1.807, 2.05) is 0 Å². The number of carbonyl (C=O) groups excluding carboxylic acids is 1. The lowest BCUT2D eigenvalue weighted by atomic mass is 10.2. The quantitative estimate of drug-likeness (QED) is 0.732. The van der Waals surface area contributed by atoms with Crippen LogP contribution in [0.3, 0.4) is 0 Å². The van der Waals surface area contributed by atoms with Gasteiger partial charge in [0.15, 0.2) is 0 Å². The third-order valence-electron chi connectivity index (χ3n) is 3.12. The van der Waals surface area contributed by atoms with Crippen molar-refractivity contribution in [2.45, 2.75) is 31.8 Å². The number of rotatable bonds is 4. The number of amides is 1. The topological polar surface area (TPSA) is 41.6 Å². The number of nitrogens with one attached hydrogen (secondary N) is 1. The summed E-state index contributed by atoms with van der Waals surface area (Å²) in [5.74, 6) is 0.146. The van der Waals surface area contributed by atoms with Crippen LogP contribution in [-0.2, 0) is 9.53 Å². The van der Waals surface area contributed by atoms with Gasteiger partial charge in [0.2, 0.25) is 5.91 Å². The molecular weight excluding hydrogens is 192 g/mol. The Kier molecular flexibility index (Phi) is 3.97. The normalized spacial score (nSPS) is 27.1. The van der Waals surface area contributed by atoms with Crippen molar-refractivity contribution in [1.82, 2.24) is 10.2 Å². The molecule has 0 aliphatic carbocycles. The summed E-state index contributed by atoms with van der Waals surface area (Å²) in [4.78, 5) is 13.8. The lowest BCUT2D eigenvalue weighted by molar-refractivity contribution is -0.122. The summed E-state index contributed by atoms with van der Waals surface area (Å²) in [6.07, 6.45) is 4.95. The Morgan fingerprint density at radius 3 is 2.80 bits per heavy atom. The average molecular weight is 212 g/mol. The van der Waals surface area contributed by atoms with Crippen molar-refractivity contribution in [1.29, 1.82) is 0 Å². The van der Waals surface area contributed by atoms with Gasteiger partial charge in [-0.05, 0) is 38.8 Å². The second kappa shape index (κ2) is 5.47. The van der Waals surface area contributed by atoms with E-state index < -0.39 is 0 Å². The summed E-state index contributed by atoms with van der Waals surface area (Å²) < 4.78 is 5.44. The zero-order chi connectivity index (χ0) is 10.5. The van der Waals surface area contributed by atoms with Crippen LogP contribution >= 0.6 is 0 Å². The monoisotopic (exact) mass is 212 g/mol. The predicted molar refractivity (Wildman–Crippen MR) is 57.7 cm³/mol. The molecule has 0 spiro atoms. The smallest absolute Gasteiger partial charge is 0.234 e. The van der Waals surface area contributed by atoms with Gasteiger partial charge >= 0.3 is 0 Å². The molecule has 2 aliphatic rings. The number of carbonyl (C=O) groups is 1. The molecule has 1 amide bonds. The lowest BCUT2D eigenvalue weighted by Crippen LogP contribution is -2.39. The van der Waals surface area contributed by atoms with Crippen molar-refractivity contribution >= 4 is 5.91 Å². The molecule has 1 unspecified atom stereocenters. The third-order valence-corrected chi connectivity index (χ3v) is 3.12. The van der Waals surface area contributed by atoms with Crippen molar-refractivity contribution in [3.8, 4) is 0 Å². The van der Waals surface area contributed by atoms with Gasteiger partial charge in [-0.15, -0.1) is 0 Å². The molecule has 4 nitrogen and oxygen atoms in total. The van der Waals surface area contributed by atoms with Crippen LogP contribution in [0.15, 0.2) is 0 Å². The molecule has 0 bridgehead atoms. The Morgan fingerprint density at radius 1 is 1.33 bits per heavy atom. The highest BCUT2D eigenvalue weighted by Crippen LogP contribution is 2.10. The van der Waals surface area contributed by atoms with Crippen LogP contribution in [0.1, 0.15) is 25.7 Å². The highest BCUT2D eigenvalue weighted by molar-refractivity contribution is 5.78. The maximum absolute atomic E-state index is 11.5. The van der Waals surface area contributed by atoms with Gasteiger partial charge in [0.05, 0.1) is 12.6 Å². The van der Waals surface area contributed by atoms with Gasteiger partial charge in [0.25, 0.3) is 0 Å². The van der Waals surface area contributed by atoms with E-state index in [2.05, 4.69) is 10.2 Å². The molecule has 0 radical (unpaired) electrons. The van der Waals surface area contributed by atoms with E-state index in [9.17, 15) is 4.79 Å². The van der Waals surface area contributed by atoms with E-state index in [1.165, 1.54) is 12.8 Å². The van der Waals surface area contributed by atoms with Crippen molar-refractivity contribution in [2.24, 2.45) is 0 Å². The van der Waals surface area contributed by atoms with Crippen molar-refractivity contribution in [2.75, 3.05) is 32.8 Å². The Balaban J connectivity index is 1.59. The van der Waals surface area contributed by atoms with Crippen molar-refractivity contribution < 1.29 is 9.53 Å². The Bertz CT molecular complexity index is 209. The first kappa shape index (κ1) is 10.9. The second-order valence-corrected chi connectivity index (χ2v) is 4.42. The number of ether oxygens (including phenoxy) is 1. The van der Waals surface area contributed by atoms with E-state index in [0.717, 1.165) is 32.5 Å². The maximum Gasteiger partial charge on any atom is 0.234 e. The first-order valence-electron chi connectivity index (χ1n) is 5.95. The minimum absolute atomic E-state index is 0.146. The Labute approximate surface area is 91.0 Å². The average Bonchev–Trinajstić information content (AvgIpc) is 2.86. The highest BCUT2D eigenvalue weighted by atomic mass is 16.5. The number of hydrogen-bond donors (Lipinski definition) is 1. The second-order valence-electron chi connectivity index (χ2n) is 4.42. The van der Waals surface area contributed by atoms with Gasteiger partial charge in [0, 0.05) is 13.2 Å². The van der Waals surface area contributed by atoms with Crippen LogP contribution in [-0.4, -0.2) is 49.7 Å². The van der Waals surface area contributed by atoms with Crippen molar-refractivity contribution in [3.63, 3.8) is 0 Å². The van der Waals surface area contributed by atoms with E-state index in [1.54, 1.807) is 0 Å². The largest absolute Gasteiger partial charge is 0.376 e. The van der Waals surface area contributed by atoms with Crippen molar-refractivity contribution in [3.05, 3.63) is 0 Å². The summed E-state index contributed by atoms with van der Waals surface area (Å²) in [5.41, 5.74) is 0. The van der Waals surface area contributed by atoms with E-state index in [-0.39, 0.29) is 12.0 Å². The minimum atomic E-state index is 0.146. The molecule has 1 atom stereocenters. The molecule has 2 saturated heterocycles. The van der Waals surface area contributed by atoms with Gasteiger partial charge in [-0.3, -0.25) is 9.69 Å². The zero-order valence-electron chi connectivity index (χ0n) is 9.21. The van der Waals surface area contributed by atoms with Crippen LogP contribution in [0.5, 0.6) is 0 Å². The predicted octanol–water partition coefficient (Wildman–Crippen LogP) is 0.377. The van der Waals surface area contributed by atoms with Gasteiger partial charge < -0.3 is 10.1 Å². The first-order valence-corrected chi connectivity index (χ1v) is 5.95. The molecule has 2 fully saturated rings. The van der Waals surface area contributed by atoms with Gasteiger partial charge in [-0.2, -0.15) is 0 Å². The molecule has 0 aromatic carbocycles. The summed E-state index contributed by atoms with van der Waals surface area (Å²) in [7, 11) is 0. The zero-order valence-corrected chi connectivity index (χ0v) is 9.21. The van der Waals surface area contributed by atoms with Gasteiger partial charge in [-0.1, -0.05) is 0 Å². The molecule has 86 valence electrons. The molecule has 0 aromatic heterocycles. The SMILES string of the molecule is O=C(CN1CCCC1)NCC1CCCO1. The first-order chi connectivity index (χ1) is 7.34. The molecule has 15 heavy (non-hydrogen) atoms. The summed E-state index contributed by atoms with van der Waals surface area (Å²) >= 11 is 0. The number of nitrogens with zero attached hydrogens (tertiary/aromatic N) is 1. The number of hydrogen-bond acceptors (Lipinski definition) is 3. The Hall–Kier alpha value is -0.610. The van der Waals surface area contributed by atoms with Crippen LogP contribution in [0.25, 0.3) is 0 Å². The maximum atomic E-state index is 11.5. The van der Waals surface area contributed by atoms with Crippen LogP contribution in [0, 0.1) is 0 Å². The fraction of sp³-hybridized carbons (Fsp3) is 0.909. The van der Waals surface area contributed by atoms with Crippen LogP contribution < -0.4 is 5.32 Å². The standard InChI is InChI=1S/C11H20N2O2/c14-11(9-13-5-1-2-6-13)12-8-10-4-3-7-15-10/h10H,1-9H2,(H,12,14). The summed E-state index contributed by atoms with van der Waals surface area (Å²) in [5, 5.41) is 2.95. The summed E-state index contributed by atoms with van der Waals surface area (Å²) in [6.45, 7) is 4.26. The van der Waals surface area contributed by atoms with Gasteiger partial charge in [-0.25, -0.2) is 0 Å². The molecular formula is C11H20N2O2. The lowest BCUT2D eigenvalue weighted by Gasteiger charge is -2.15. The molecule has 0 aromatic rings. The van der Waals surface area contributed by atoms with Crippen LogP contribution in [0.4, 0.5) is 0 Å². The van der Waals surface area contributed by atoms with E-state index >= 15 is 0 Å². The molecule has 2 aliphatic heterocycles. The molecule has 4 heteroatoms. The van der Waals surface area contributed by atoms with E-state index in [0.29, 0.717) is 13.1 Å². The molecule has 2 heterocycles. The van der Waals surface area contributed by atoms with Crippen LogP contribution in [0.2, 0.25) is 0 Å². The fourth-order valence-corrected chi connectivity index (χ4v) is 2.23. The number of likely N-dealkylation sites (tertiary alicyclic amines) is 1. The minimum Gasteiger partial charge on any atom is -0.376 e. The molecule has 0 saturated carbocycles. The Morgan fingerprint density at radius 2 is 2.13 bits per heavy atom. The van der Waals surface area contributed by atoms with Gasteiger partial charge in [0.1, 0.15) is 0 Å². The summed E-state index contributed by atoms with van der Waals surface area (Å²) in [6, 6.07) is 0. The van der Waals surface area contributed by atoms with E-state index in [4.69, 9.17) is 4.74 Å². The highest BCUT2D eigenvalue weighted by Gasteiger charge is 2.18. The fourth-order valence-electron chi connectivity index (χ4n) is 2.23.